The van der Waals surface area contributed by atoms with Crippen molar-refractivity contribution in [1.82, 2.24) is 14.9 Å². The minimum absolute atomic E-state index is 0.107. The Kier molecular flexibility index (Phi) is 5.86. The fraction of sp³-hybridized carbons (Fsp3) is 0.467. The number of aliphatic carboxylic acids is 1. The quantitative estimate of drug-likeness (QED) is 0.759. The van der Waals surface area contributed by atoms with Gasteiger partial charge in [-0.15, -0.1) is 11.3 Å². The van der Waals surface area contributed by atoms with E-state index in [1.165, 1.54) is 22.2 Å². The van der Waals surface area contributed by atoms with Crippen LogP contribution in [0.15, 0.2) is 22.6 Å². The molecule has 8 heteroatoms. The zero-order chi connectivity index (χ0) is 16.8. The molecule has 7 nitrogen and oxygen atoms in total. The van der Waals surface area contributed by atoms with Crippen molar-refractivity contribution in [2.75, 3.05) is 6.54 Å². The fourth-order valence-corrected chi connectivity index (χ4v) is 2.98. The Morgan fingerprint density at radius 2 is 2.26 bits per heavy atom. The van der Waals surface area contributed by atoms with Crippen LogP contribution in [0.3, 0.4) is 0 Å². The molecule has 1 atom stereocenters. The van der Waals surface area contributed by atoms with Crippen molar-refractivity contribution in [2.45, 2.75) is 32.7 Å². The Balaban J connectivity index is 1.89. The zero-order valence-electron chi connectivity index (χ0n) is 12.8. The maximum absolute atomic E-state index is 12.2. The average molecular weight is 337 g/mol. The highest BCUT2D eigenvalue weighted by Crippen LogP contribution is 2.13. The van der Waals surface area contributed by atoms with E-state index in [0.29, 0.717) is 16.6 Å². The second kappa shape index (κ2) is 7.87. The molecular formula is C15H19N3O4S. The van der Waals surface area contributed by atoms with Gasteiger partial charge in [-0.3, -0.25) is 19.0 Å². The van der Waals surface area contributed by atoms with E-state index in [2.05, 4.69) is 10.3 Å². The Bertz CT molecular complexity index is 753. The van der Waals surface area contributed by atoms with E-state index >= 15 is 0 Å². The number of carboxylic acids is 1. The topological polar surface area (TPSA) is 101 Å². The fourth-order valence-electron chi connectivity index (χ4n) is 2.26. The van der Waals surface area contributed by atoms with Gasteiger partial charge in [0.05, 0.1) is 17.6 Å². The van der Waals surface area contributed by atoms with Crippen LogP contribution in [0.4, 0.5) is 0 Å². The Morgan fingerprint density at radius 3 is 2.96 bits per heavy atom. The Labute approximate surface area is 137 Å². The van der Waals surface area contributed by atoms with Crippen molar-refractivity contribution < 1.29 is 14.7 Å². The first kappa shape index (κ1) is 17.1. The van der Waals surface area contributed by atoms with Crippen LogP contribution in [0.25, 0.3) is 10.2 Å². The number of carbonyl (C=O) groups excluding carboxylic acids is 1. The average Bonchev–Trinajstić information content (AvgIpc) is 3.00. The standard InChI is InChI=1S/C15H19N3O4S/c1-2-3-10(15(21)22)8-16-12(19)4-6-18-9-17-13-11(14(18)20)5-7-23-13/h5,7,9-10H,2-4,6,8H2,1H3,(H,16,19)(H,21,22). The summed E-state index contributed by atoms with van der Waals surface area (Å²) in [5.74, 6) is -1.75. The third-order valence-corrected chi connectivity index (χ3v) is 4.38. The number of hydrogen-bond donors (Lipinski definition) is 2. The number of rotatable bonds is 8. The van der Waals surface area contributed by atoms with Gasteiger partial charge in [-0.2, -0.15) is 0 Å². The number of hydrogen-bond acceptors (Lipinski definition) is 5. The summed E-state index contributed by atoms with van der Waals surface area (Å²) < 4.78 is 1.40. The lowest BCUT2D eigenvalue weighted by Gasteiger charge is -2.12. The first-order chi connectivity index (χ1) is 11.0. The number of amides is 1. The number of nitrogens with one attached hydrogen (secondary N) is 1. The van der Waals surface area contributed by atoms with Gasteiger partial charge in [-0.05, 0) is 17.9 Å². The number of aryl methyl sites for hydroxylation is 1. The number of aromatic nitrogens is 2. The van der Waals surface area contributed by atoms with Crippen LogP contribution in [-0.2, 0) is 16.1 Å². The molecule has 23 heavy (non-hydrogen) atoms. The molecule has 2 heterocycles. The molecule has 124 valence electrons. The van der Waals surface area contributed by atoms with Gasteiger partial charge in [0.1, 0.15) is 4.83 Å². The predicted octanol–water partition coefficient (Wildman–Crippen LogP) is 1.47. The predicted molar refractivity (Wildman–Crippen MR) is 87.5 cm³/mol. The summed E-state index contributed by atoms with van der Waals surface area (Å²) in [7, 11) is 0. The van der Waals surface area contributed by atoms with Crippen molar-refractivity contribution >= 4 is 33.4 Å². The molecule has 0 aliphatic carbocycles. The van der Waals surface area contributed by atoms with Crippen LogP contribution in [0.2, 0.25) is 0 Å². The van der Waals surface area contributed by atoms with Crippen LogP contribution in [-0.4, -0.2) is 33.1 Å². The summed E-state index contributed by atoms with van der Waals surface area (Å²) in [6, 6.07) is 1.72. The van der Waals surface area contributed by atoms with E-state index in [-0.39, 0.29) is 31.0 Å². The van der Waals surface area contributed by atoms with E-state index in [1.54, 1.807) is 11.4 Å². The minimum atomic E-state index is -0.907. The summed E-state index contributed by atoms with van der Waals surface area (Å²) in [6.07, 6.45) is 2.81. The lowest BCUT2D eigenvalue weighted by Crippen LogP contribution is -2.34. The molecule has 0 fully saturated rings. The number of fused-ring (bicyclic) bond motifs is 1. The molecule has 0 aliphatic rings. The summed E-state index contributed by atoms with van der Waals surface area (Å²) in [4.78, 5) is 39.9. The van der Waals surface area contributed by atoms with E-state index < -0.39 is 11.9 Å². The summed E-state index contributed by atoms with van der Waals surface area (Å²) in [6.45, 7) is 2.23. The third-order valence-electron chi connectivity index (χ3n) is 3.56. The van der Waals surface area contributed by atoms with E-state index in [1.807, 2.05) is 6.92 Å². The molecule has 0 spiro atoms. The number of nitrogens with zero attached hydrogens (tertiary/aromatic N) is 2. The van der Waals surface area contributed by atoms with Crippen molar-refractivity contribution in [3.8, 4) is 0 Å². The molecule has 0 bridgehead atoms. The molecule has 0 radical (unpaired) electrons. The maximum atomic E-state index is 12.2. The van der Waals surface area contributed by atoms with Gasteiger partial charge < -0.3 is 10.4 Å². The van der Waals surface area contributed by atoms with Crippen LogP contribution in [0.5, 0.6) is 0 Å². The summed E-state index contributed by atoms with van der Waals surface area (Å²) in [5.41, 5.74) is -0.168. The molecule has 0 aromatic carbocycles. The highest BCUT2D eigenvalue weighted by atomic mass is 32.1. The molecule has 1 unspecified atom stereocenters. The van der Waals surface area contributed by atoms with Crippen molar-refractivity contribution in [3.05, 3.63) is 28.1 Å². The van der Waals surface area contributed by atoms with Crippen LogP contribution < -0.4 is 10.9 Å². The van der Waals surface area contributed by atoms with Crippen LogP contribution in [0.1, 0.15) is 26.2 Å². The van der Waals surface area contributed by atoms with Crippen molar-refractivity contribution in [2.24, 2.45) is 5.92 Å². The normalized spacial score (nSPS) is 12.2. The smallest absolute Gasteiger partial charge is 0.308 e. The molecule has 2 aromatic heterocycles. The van der Waals surface area contributed by atoms with Crippen molar-refractivity contribution in [3.63, 3.8) is 0 Å². The van der Waals surface area contributed by atoms with Gasteiger partial charge in [0, 0.05) is 19.5 Å². The Morgan fingerprint density at radius 1 is 1.48 bits per heavy atom. The first-order valence-corrected chi connectivity index (χ1v) is 8.33. The van der Waals surface area contributed by atoms with E-state index in [9.17, 15) is 14.4 Å². The van der Waals surface area contributed by atoms with Gasteiger partial charge in [-0.25, -0.2) is 4.98 Å². The highest BCUT2D eigenvalue weighted by molar-refractivity contribution is 7.16. The largest absolute Gasteiger partial charge is 0.481 e. The monoisotopic (exact) mass is 337 g/mol. The molecule has 0 saturated carbocycles. The molecule has 2 rings (SSSR count). The molecular weight excluding hydrogens is 318 g/mol. The van der Waals surface area contributed by atoms with E-state index in [4.69, 9.17) is 5.11 Å². The molecule has 0 saturated heterocycles. The third kappa shape index (κ3) is 4.38. The number of carboxylic acid groups (broad SMARTS) is 1. The molecule has 2 N–H and O–H groups in total. The minimum Gasteiger partial charge on any atom is -0.481 e. The Hall–Kier alpha value is -2.22. The zero-order valence-corrected chi connectivity index (χ0v) is 13.6. The van der Waals surface area contributed by atoms with E-state index in [0.717, 1.165) is 6.42 Å². The molecule has 1 amide bonds. The van der Waals surface area contributed by atoms with Gasteiger partial charge >= 0.3 is 5.97 Å². The summed E-state index contributed by atoms with van der Waals surface area (Å²) in [5, 5.41) is 14.0. The highest BCUT2D eigenvalue weighted by Gasteiger charge is 2.17. The second-order valence-corrected chi connectivity index (χ2v) is 6.16. The van der Waals surface area contributed by atoms with Crippen molar-refractivity contribution in [1.29, 1.82) is 0 Å². The SMILES string of the molecule is CCCC(CNC(=O)CCn1cnc2sccc2c1=O)C(=O)O. The second-order valence-electron chi connectivity index (χ2n) is 5.26. The lowest BCUT2D eigenvalue weighted by atomic mass is 10.0. The number of carbonyl (C=O) groups is 2. The first-order valence-electron chi connectivity index (χ1n) is 7.45. The van der Waals surface area contributed by atoms with Gasteiger partial charge in [0.25, 0.3) is 5.56 Å². The summed E-state index contributed by atoms with van der Waals surface area (Å²) >= 11 is 1.39. The molecule has 2 aromatic rings. The van der Waals surface area contributed by atoms with Gasteiger partial charge in [-0.1, -0.05) is 13.3 Å². The van der Waals surface area contributed by atoms with Gasteiger partial charge in [0.15, 0.2) is 0 Å². The van der Waals surface area contributed by atoms with Gasteiger partial charge in [0.2, 0.25) is 5.91 Å². The maximum Gasteiger partial charge on any atom is 0.308 e. The lowest BCUT2D eigenvalue weighted by molar-refractivity contribution is -0.141. The number of thiophene rings is 1. The van der Waals surface area contributed by atoms with Crippen LogP contribution >= 0.6 is 11.3 Å². The molecule has 0 aliphatic heterocycles. The van der Waals surface area contributed by atoms with Crippen LogP contribution in [0, 0.1) is 5.92 Å².